The van der Waals surface area contributed by atoms with Gasteiger partial charge in [-0.15, -0.1) is 0 Å². The average Bonchev–Trinajstić information content (AvgIpc) is 2.43. The molecule has 1 atom stereocenters. The molecule has 4 nitrogen and oxygen atoms in total. The lowest BCUT2D eigenvalue weighted by Crippen LogP contribution is -2.26. The second kappa shape index (κ2) is 7.01. The molecule has 0 fully saturated rings. The van der Waals surface area contributed by atoms with Crippen LogP contribution in [0.5, 0.6) is 0 Å². The first kappa shape index (κ1) is 14.5. The summed E-state index contributed by atoms with van der Waals surface area (Å²) >= 11 is 0. The Morgan fingerprint density at radius 2 is 2.00 bits per heavy atom. The van der Waals surface area contributed by atoms with E-state index in [4.69, 9.17) is 0 Å². The number of rotatable bonds is 6. The number of hydrogen-bond acceptors (Lipinski definition) is 3. The number of nitrogens with zero attached hydrogens (tertiary/aromatic N) is 1. The molecule has 0 bridgehead atoms. The van der Waals surface area contributed by atoms with E-state index in [-0.39, 0.29) is 5.91 Å². The summed E-state index contributed by atoms with van der Waals surface area (Å²) in [5, 5.41) is 12.3. The van der Waals surface area contributed by atoms with Crippen LogP contribution in [0.15, 0.2) is 24.3 Å². The number of nitrogens with one attached hydrogen (secondary N) is 1. The topological polar surface area (TPSA) is 52.6 Å². The molecule has 1 rings (SSSR count). The number of amides is 1. The number of aliphatic hydroxyl groups excluding tert-OH is 1. The second-order valence-electron chi connectivity index (χ2n) is 4.36. The van der Waals surface area contributed by atoms with Crippen molar-refractivity contribution in [2.24, 2.45) is 0 Å². The van der Waals surface area contributed by atoms with Crippen molar-refractivity contribution >= 4 is 11.6 Å². The largest absolute Gasteiger partial charge is 0.388 e. The highest BCUT2D eigenvalue weighted by Crippen LogP contribution is 2.20. The van der Waals surface area contributed by atoms with Gasteiger partial charge in [-0.2, -0.15) is 0 Å². The molecule has 18 heavy (non-hydrogen) atoms. The molecule has 100 valence electrons. The summed E-state index contributed by atoms with van der Waals surface area (Å²) in [6.07, 6.45) is 0.799. The normalized spacial score (nSPS) is 12.0. The molecule has 0 aliphatic heterocycles. The lowest BCUT2D eigenvalue weighted by atomic mass is 10.1. The Hall–Kier alpha value is -1.55. The summed E-state index contributed by atoms with van der Waals surface area (Å²) in [4.78, 5) is 13.2. The molecule has 2 N–H and O–H groups in total. The fourth-order valence-electron chi connectivity index (χ4n) is 1.71. The van der Waals surface area contributed by atoms with Gasteiger partial charge in [-0.1, -0.05) is 19.1 Å². The third-order valence-electron chi connectivity index (χ3n) is 3.06. The van der Waals surface area contributed by atoms with Gasteiger partial charge in [0.15, 0.2) is 0 Å². The number of hydrogen-bond donors (Lipinski definition) is 2. The van der Waals surface area contributed by atoms with Crippen molar-refractivity contribution in [3.63, 3.8) is 0 Å². The highest BCUT2D eigenvalue weighted by atomic mass is 16.3. The summed E-state index contributed by atoms with van der Waals surface area (Å²) in [7, 11) is 3.59. The van der Waals surface area contributed by atoms with Crippen molar-refractivity contribution in [2.45, 2.75) is 25.9 Å². The van der Waals surface area contributed by atoms with Crippen molar-refractivity contribution < 1.29 is 9.90 Å². The molecule has 0 saturated heterocycles. The third-order valence-corrected chi connectivity index (χ3v) is 3.06. The van der Waals surface area contributed by atoms with Crippen LogP contribution in [0, 0.1) is 0 Å². The molecule has 0 radical (unpaired) electrons. The van der Waals surface area contributed by atoms with Crippen LogP contribution in [-0.2, 0) is 4.79 Å². The molecule has 0 aromatic heterocycles. The van der Waals surface area contributed by atoms with Gasteiger partial charge in [-0.3, -0.25) is 4.79 Å². The minimum absolute atomic E-state index is 0.0416. The number of anilines is 1. The van der Waals surface area contributed by atoms with Gasteiger partial charge in [-0.05, 0) is 24.1 Å². The Bertz CT molecular complexity index is 376. The quantitative estimate of drug-likeness (QED) is 0.808. The monoisotopic (exact) mass is 250 g/mol. The first-order chi connectivity index (χ1) is 8.58. The molecular formula is C14H22N2O2. The first-order valence-corrected chi connectivity index (χ1v) is 6.28. The lowest BCUT2D eigenvalue weighted by Gasteiger charge is -2.19. The van der Waals surface area contributed by atoms with Gasteiger partial charge in [-0.25, -0.2) is 0 Å². The van der Waals surface area contributed by atoms with Crippen molar-refractivity contribution in [3.05, 3.63) is 29.8 Å². The Morgan fingerprint density at radius 3 is 2.50 bits per heavy atom. The van der Waals surface area contributed by atoms with Crippen LogP contribution >= 0.6 is 0 Å². The molecule has 4 heteroatoms. The summed E-state index contributed by atoms with van der Waals surface area (Å²) in [5.41, 5.74) is 1.98. The van der Waals surface area contributed by atoms with Crippen LogP contribution in [0.25, 0.3) is 0 Å². The van der Waals surface area contributed by atoms with E-state index in [2.05, 4.69) is 5.32 Å². The fraction of sp³-hybridized carbons (Fsp3) is 0.500. The fourth-order valence-corrected chi connectivity index (χ4v) is 1.71. The number of aliphatic hydroxyl groups is 1. The minimum atomic E-state index is -0.393. The zero-order chi connectivity index (χ0) is 13.5. The minimum Gasteiger partial charge on any atom is -0.388 e. The predicted molar refractivity (Wildman–Crippen MR) is 73.6 cm³/mol. The van der Waals surface area contributed by atoms with E-state index < -0.39 is 6.10 Å². The molecule has 1 aromatic rings. The predicted octanol–water partition coefficient (Wildman–Crippen LogP) is 1.70. The van der Waals surface area contributed by atoms with Crippen LogP contribution < -0.4 is 10.2 Å². The molecule has 0 unspecified atom stereocenters. The maximum atomic E-state index is 11.2. The van der Waals surface area contributed by atoms with Crippen LogP contribution in [0.1, 0.15) is 31.4 Å². The van der Waals surface area contributed by atoms with Gasteiger partial charge in [0.05, 0.1) is 6.10 Å². The van der Waals surface area contributed by atoms with Crippen molar-refractivity contribution in [3.8, 4) is 0 Å². The summed E-state index contributed by atoms with van der Waals surface area (Å²) in [5.74, 6) is 0.0416. The molecule has 1 amide bonds. The van der Waals surface area contributed by atoms with Gasteiger partial charge in [0.1, 0.15) is 0 Å². The van der Waals surface area contributed by atoms with E-state index in [0.29, 0.717) is 19.4 Å². The van der Waals surface area contributed by atoms with Crippen molar-refractivity contribution in [1.82, 2.24) is 5.32 Å². The number of carbonyl (C=O) groups is 1. The molecule has 0 spiro atoms. The van der Waals surface area contributed by atoms with Crippen LogP contribution in [0.2, 0.25) is 0 Å². The smallest absolute Gasteiger partial charge is 0.221 e. The maximum absolute atomic E-state index is 11.2. The van der Waals surface area contributed by atoms with Crippen molar-refractivity contribution in [2.75, 3.05) is 25.5 Å². The second-order valence-corrected chi connectivity index (χ2v) is 4.36. The molecule has 1 aromatic carbocycles. The Balaban J connectivity index is 2.58. The van der Waals surface area contributed by atoms with Crippen LogP contribution in [0.3, 0.4) is 0 Å². The van der Waals surface area contributed by atoms with E-state index in [9.17, 15) is 9.90 Å². The van der Waals surface area contributed by atoms with Gasteiger partial charge in [0.25, 0.3) is 0 Å². The van der Waals surface area contributed by atoms with E-state index in [0.717, 1.165) is 11.3 Å². The molecule has 0 aliphatic rings. The first-order valence-electron chi connectivity index (χ1n) is 6.28. The SMILES string of the molecule is CC[C@@H](O)c1ccc(N(C)CCC(=O)NC)cc1. The van der Waals surface area contributed by atoms with E-state index in [1.807, 2.05) is 43.1 Å². The highest BCUT2D eigenvalue weighted by molar-refractivity contribution is 5.76. The van der Waals surface area contributed by atoms with Crippen molar-refractivity contribution in [1.29, 1.82) is 0 Å². The summed E-state index contributed by atoms with van der Waals surface area (Å²) < 4.78 is 0. The zero-order valence-electron chi connectivity index (χ0n) is 11.3. The standard InChI is InChI=1S/C14H22N2O2/c1-4-13(17)11-5-7-12(8-6-11)16(3)10-9-14(18)15-2/h5-8,13,17H,4,9-10H2,1-3H3,(H,15,18)/t13-/m1/s1. The molecule has 0 heterocycles. The van der Waals surface area contributed by atoms with E-state index in [1.165, 1.54) is 0 Å². The third kappa shape index (κ3) is 4.04. The molecule has 0 aliphatic carbocycles. The summed E-state index contributed by atoms with van der Waals surface area (Å²) in [6, 6.07) is 7.80. The zero-order valence-corrected chi connectivity index (χ0v) is 11.3. The van der Waals surface area contributed by atoms with Crippen LogP contribution in [0.4, 0.5) is 5.69 Å². The number of carbonyl (C=O) groups excluding carboxylic acids is 1. The van der Waals surface area contributed by atoms with E-state index in [1.54, 1.807) is 7.05 Å². The number of benzene rings is 1. The van der Waals surface area contributed by atoms with E-state index >= 15 is 0 Å². The lowest BCUT2D eigenvalue weighted by molar-refractivity contribution is -0.120. The summed E-state index contributed by atoms with van der Waals surface area (Å²) in [6.45, 7) is 2.63. The van der Waals surface area contributed by atoms with Gasteiger partial charge < -0.3 is 15.3 Å². The average molecular weight is 250 g/mol. The van der Waals surface area contributed by atoms with Gasteiger partial charge in [0.2, 0.25) is 5.91 Å². The Morgan fingerprint density at radius 1 is 1.39 bits per heavy atom. The van der Waals surface area contributed by atoms with Gasteiger partial charge in [0, 0.05) is 32.7 Å². The maximum Gasteiger partial charge on any atom is 0.221 e. The highest BCUT2D eigenvalue weighted by Gasteiger charge is 2.07. The molecule has 0 saturated carbocycles. The molecular weight excluding hydrogens is 228 g/mol. The van der Waals surface area contributed by atoms with Gasteiger partial charge >= 0.3 is 0 Å². The van der Waals surface area contributed by atoms with Crippen LogP contribution in [-0.4, -0.2) is 31.7 Å². The Labute approximate surface area is 109 Å². The Kier molecular flexibility index (Phi) is 5.65.